The van der Waals surface area contributed by atoms with E-state index in [-0.39, 0.29) is 11.1 Å². The van der Waals surface area contributed by atoms with Gasteiger partial charge in [-0.25, -0.2) is 30.1 Å². The molecule has 4 heterocycles. The van der Waals surface area contributed by atoms with Gasteiger partial charge in [0.1, 0.15) is 0 Å². The smallest absolute Gasteiger partial charge is 0.272 e. The molecule has 5 N–H and O–H groups in total. The first kappa shape index (κ1) is 36.2. The van der Waals surface area contributed by atoms with E-state index in [1.165, 1.54) is 0 Å². The molecule has 0 aliphatic carbocycles. The van der Waals surface area contributed by atoms with Crippen LogP contribution in [0.1, 0.15) is 0 Å². The first-order valence-electron chi connectivity index (χ1n) is 17.7. The number of nitrogens with zero attached hydrogens (tertiary/aromatic N) is 6. The molecule has 4 aromatic heterocycles. The number of H-pyrrole nitrogens is 2. The summed E-state index contributed by atoms with van der Waals surface area (Å²) in [7, 11) is 0. The van der Waals surface area contributed by atoms with Gasteiger partial charge in [0, 0.05) is 56.4 Å². The quantitative estimate of drug-likeness (QED) is 0.0999. The summed E-state index contributed by atoms with van der Waals surface area (Å²) in [5.41, 5.74) is 12.0. The zero-order valence-electron chi connectivity index (χ0n) is 30.0. The van der Waals surface area contributed by atoms with Gasteiger partial charge in [0.2, 0.25) is 11.2 Å². The molecule has 10 rings (SSSR count). The van der Waals surface area contributed by atoms with E-state index in [0.29, 0.717) is 27.7 Å². The van der Waals surface area contributed by atoms with E-state index in [2.05, 4.69) is 45.6 Å². The average molecular weight is 767 g/mol. The Bertz CT molecular complexity index is 3140. The van der Waals surface area contributed by atoms with Crippen LogP contribution in [-0.4, -0.2) is 40.3 Å². The Kier molecular flexibility index (Phi) is 10.3. The molecule has 0 aliphatic rings. The predicted molar refractivity (Wildman–Crippen MR) is 227 cm³/mol. The van der Waals surface area contributed by atoms with Crippen LogP contribution in [0.25, 0.3) is 65.9 Å². The van der Waals surface area contributed by atoms with E-state index in [0.717, 1.165) is 60.8 Å². The molecular weight excluding hydrogens is 736 g/mol. The number of rotatable bonds is 4. The number of hydrogen-bond donors (Lipinski definition) is 4. The molecule has 10 aromatic rings. The van der Waals surface area contributed by atoms with Crippen molar-refractivity contribution in [1.82, 2.24) is 40.3 Å². The van der Waals surface area contributed by atoms with Crippen LogP contribution in [0.4, 0.5) is 17.3 Å². The summed E-state index contributed by atoms with van der Waals surface area (Å²) in [5.74, 6) is 0.541. The molecule has 0 saturated heterocycles. The summed E-state index contributed by atoms with van der Waals surface area (Å²) in [6.07, 6.45) is 3.51. The van der Waals surface area contributed by atoms with E-state index < -0.39 is 0 Å². The Balaban J connectivity index is 0.000000133. The number of benzene rings is 6. The lowest BCUT2D eigenvalue weighted by molar-refractivity contribution is 1.02. The number of hydrogen-bond acceptors (Lipinski definition) is 10. The number of halogens is 1. The van der Waals surface area contributed by atoms with Crippen molar-refractivity contribution in [1.29, 1.82) is 0 Å². The van der Waals surface area contributed by atoms with Crippen LogP contribution in [0.15, 0.2) is 168 Å². The highest BCUT2D eigenvalue weighted by Gasteiger charge is 2.10. The molecule has 0 saturated carbocycles. The normalized spacial score (nSPS) is 10.8. The lowest BCUT2D eigenvalue weighted by Crippen LogP contribution is -2.09. The molecule has 0 atom stereocenters. The molecule has 0 fully saturated rings. The topological polar surface area (TPSA) is 181 Å². The zero-order chi connectivity index (χ0) is 39.1. The van der Waals surface area contributed by atoms with Gasteiger partial charge in [0.25, 0.3) is 11.1 Å². The van der Waals surface area contributed by atoms with Gasteiger partial charge in [-0.3, -0.25) is 9.59 Å². The predicted octanol–water partition coefficient (Wildman–Crippen LogP) is 8.73. The summed E-state index contributed by atoms with van der Waals surface area (Å²) < 4.78 is 0. The Labute approximate surface area is 329 Å². The van der Waals surface area contributed by atoms with Crippen LogP contribution in [0.2, 0.25) is 5.28 Å². The van der Waals surface area contributed by atoms with Crippen LogP contribution in [-0.2, 0) is 0 Å². The van der Waals surface area contributed by atoms with Gasteiger partial charge in [-0.2, -0.15) is 10.2 Å². The van der Waals surface area contributed by atoms with Crippen molar-refractivity contribution in [2.45, 2.75) is 0 Å². The molecular formula is C44H31ClN10O2. The fraction of sp³-hybridized carbons (Fsp3) is 0. The average Bonchev–Trinajstić information content (AvgIpc) is 3.25. The van der Waals surface area contributed by atoms with Crippen LogP contribution in [0.5, 0.6) is 0 Å². The Morgan fingerprint density at radius 1 is 0.509 bits per heavy atom. The maximum absolute atomic E-state index is 12.0. The number of aromatic amines is 2. The largest absolute Gasteiger partial charge is 0.399 e. The molecule has 0 radical (unpaired) electrons. The maximum Gasteiger partial charge on any atom is 0.272 e. The van der Waals surface area contributed by atoms with E-state index in [1.807, 2.05) is 133 Å². The van der Waals surface area contributed by atoms with Crippen molar-refractivity contribution in [2.75, 3.05) is 11.1 Å². The fourth-order valence-electron chi connectivity index (χ4n) is 6.13. The van der Waals surface area contributed by atoms with Gasteiger partial charge in [-0.15, -0.1) is 0 Å². The number of fused-ring (bicyclic) bond motifs is 4. The Morgan fingerprint density at radius 2 is 0.965 bits per heavy atom. The third-order valence-electron chi connectivity index (χ3n) is 8.94. The number of anilines is 3. The minimum absolute atomic E-state index is 0.176. The third-order valence-corrected chi connectivity index (χ3v) is 9.12. The Morgan fingerprint density at radius 3 is 1.53 bits per heavy atom. The lowest BCUT2D eigenvalue weighted by Gasteiger charge is -2.08. The van der Waals surface area contributed by atoms with Gasteiger partial charge in [-0.05, 0) is 60.1 Å². The van der Waals surface area contributed by atoms with Gasteiger partial charge >= 0.3 is 0 Å². The van der Waals surface area contributed by atoms with Gasteiger partial charge in [-0.1, -0.05) is 97.1 Å². The second kappa shape index (κ2) is 16.3. The van der Waals surface area contributed by atoms with Crippen LogP contribution in [0.3, 0.4) is 0 Å². The van der Waals surface area contributed by atoms with Crippen LogP contribution in [0, 0.1) is 0 Å². The number of nitrogens with one attached hydrogen (secondary N) is 3. The highest BCUT2D eigenvalue weighted by molar-refractivity contribution is 6.28. The summed E-state index contributed by atoms with van der Waals surface area (Å²) in [4.78, 5) is 40.4. The molecule has 276 valence electrons. The van der Waals surface area contributed by atoms with Crippen molar-refractivity contribution >= 4 is 72.3 Å². The number of aromatic nitrogens is 8. The van der Waals surface area contributed by atoms with E-state index in [4.69, 9.17) is 17.3 Å². The van der Waals surface area contributed by atoms with Crippen molar-refractivity contribution in [3.8, 4) is 22.5 Å². The molecule has 57 heavy (non-hydrogen) atoms. The van der Waals surface area contributed by atoms with Crippen LogP contribution >= 0.6 is 11.6 Å². The molecule has 0 amide bonds. The van der Waals surface area contributed by atoms with Crippen molar-refractivity contribution < 1.29 is 0 Å². The van der Waals surface area contributed by atoms with Crippen LogP contribution < -0.4 is 22.2 Å². The molecule has 0 bridgehead atoms. The van der Waals surface area contributed by atoms with Crippen molar-refractivity contribution in [3.05, 3.63) is 184 Å². The summed E-state index contributed by atoms with van der Waals surface area (Å²) >= 11 is 5.60. The lowest BCUT2D eigenvalue weighted by atomic mass is 10.0. The highest BCUT2D eigenvalue weighted by Crippen LogP contribution is 2.27. The summed E-state index contributed by atoms with van der Waals surface area (Å²) in [6.45, 7) is 0. The van der Waals surface area contributed by atoms with Gasteiger partial charge in [0.05, 0.1) is 33.2 Å². The van der Waals surface area contributed by atoms with E-state index in [1.54, 1.807) is 24.5 Å². The second-order valence-corrected chi connectivity index (χ2v) is 13.0. The molecule has 0 aliphatic heterocycles. The summed E-state index contributed by atoms with van der Waals surface area (Å²) in [6, 6.07) is 45.6. The monoisotopic (exact) mass is 766 g/mol. The number of para-hydroxylation sites is 2. The van der Waals surface area contributed by atoms with Gasteiger partial charge in [0.15, 0.2) is 0 Å². The first-order chi connectivity index (χ1) is 27.9. The highest BCUT2D eigenvalue weighted by atomic mass is 35.5. The van der Waals surface area contributed by atoms with Crippen molar-refractivity contribution in [3.63, 3.8) is 0 Å². The standard InChI is InChI=1S/C22H15N5O.C14H11N3O.C8H5ClN2/c28-21-18-7-3-2-6-17(18)20(26-27-21)14-9-11-16(12-10-14)24-22-23-13-15-5-1-4-8-19(15)25-22;15-10-7-5-9(6-8-10)13-11-3-1-2-4-12(11)14(18)17-16-13;9-8-10-5-6-3-1-2-4-7(6)11-8/h1-13H,(H,27,28)(H,23,24,25);1-8H,15H2,(H,17,18);1-5H. The minimum atomic E-state index is -0.189. The minimum Gasteiger partial charge on any atom is -0.399 e. The second-order valence-electron chi connectivity index (χ2n) is 12.7. The molecule has 13 heteroatoms. The Hall–Kier alpha value is -7.83. The maximum atomic E-state index is 12.0. The van der Waals surface area contributed by atoms with E-state index >= 15 is 0 Å². The molecule has 0 spiro atoms. The number of nitrogen functional groups attached to an aromatic ring is 1. The summed E-state index contributed by atoms with van der Waals surface area (Å²) in [5, 5.41) is 21.9. The first-order valence-corrected chi connectivity index (χ1v) is 18.0. The zero-order valence-corrected chi connectivity index (χ0v) is 30.7. The SMILES string of the molecule is Clc1ncc2ccccc2n1.Nc1ccc(-c2n[nH]c(=O)c3ccccc23)cc1.O=c1[nH]nc(-c2ccc(Nc3ncc4ccccc4n3)cc2)c2ccccc12. The van der Waals surface area contributed by atoms with Crippen molar-refractivity contribution in [2.24, 2.45) is 0 Å². The molecule has 6 aromatic carbocycles. The number of nitrogens with two attached hydrogens (primary N) is 1. The van der Waals surface area contributed by atoms with Gasteiger partial charge < -0.3 is 11.1 Å². The third kappa shape index (κ3) is 8.16. The fourth-order valence-corrected chi connectivity index (χ4v) is 6.27. The van der Waals surface area contributed by atoms with E-state index in [9.17, 15) is 9.59 Å². The molecule has 0 unspecified atom stereocenters. The molecule has 12 nitrogen and oxygen atoms in total.